The number of benzene rings is 2. The summed E-state index contributed by atoms with van der Waals surface area (Å²) >= 11 is 1.77. The van der Waals surface area contributed by atoms with Gasteiger partial charge in [0, 0.05) is 41.1 Å². The van der Waals surface area contributed by atoms with E-state index < -0.39 is 0 Å². The molecule has 0 spiro atoms. The summed E-state index contributed by atoms with van der Waals surface area (Å²) in [6.45, 7) is 2.90. The molecule has 0 atom stereocenters. The summed E-state index contributed by atoms with van der Waals surface area (Å²) in [4.78, 5) is 8.39. The summed E-state index contributed by atoms with van der Waals surface area (Å²) in [5, 5.41) is 3.49. The quantitative estimate of drug-likeness (QED) is 0.322. The number of rotatable bonds is 9. The number of halogens is 2. The highest BCUT2D eigenvalue weighted by Crippen LogP contribution is 2.41. The highest BCUT2D eigenvalue weighted by atomic mass is 35.5. The molecule has 2 aromatic carbocycles. The Bertz CT molecular complexity index is 1070. The van der Waals surface area contributed by atoms with Crippen molar-refractivity contribution in [3.05, 3.63) is 60.4 Å². The van der Waals surface area contributed by atoms with Gasteiger partial charge in [-0.15, -0.1) is 36.6 Å². The Balaban J connectivity index is 0.00000228. The molecule has 0 unspecified atom stereocenters. The smallest absolute Gasteiger partial charge is 0.203 e. The van der Waals surface area contributed by atoms with Crippen molar-refractivity contribution in [1.29, 1.82) is 0 Å². The summed E-state index contributed by atoms with van der Waals surface area (Å²) in [6, 6.07) is 15.5. The lowest BCUT2D eigenvalue weighted by Gasteiger charge is -2.36. The largest absolute Gasteiger partial charge is 0.493 e. The molecule has 36 heavy (non-hydrogen) atoms. The molecule has 2 heterocycles. The van der Waals surface area contributed by atoms with Gasteiger partial charge in [-0.25, -0.2) is 0 Å². The van der Waals surface area contributed by atoms with E-state index in [4.69, 9.17) is 14.2 Å². The van der Waals surface area contributed by atoms with Crippen LogP contribution >= 0.6 is 36.6 Å². The zero-order chi connectivity index (χ0) is 23.9. The van der Waals surface area contributed by atoms with Gasteiger partial charge < -0.3 is 24.4 Å². The van der Waals surface area contributed by atoms with Gasteiger partial charge in [-0.05, 0) is 85.8 Å². The average Bonchev–Trinajstić information content (AvgIpc) is 2.91. The van der Waals surface area contributed by atoms with Gasteiger partial charge in [0.2, 0.25) is 5.75 Å². The van der Waals surface area contributed by atoms with Crippen LogP contribution in [-0.4, -0.2) is 51.7 Å². The Morgan fingerprint density at radius 1 is 0.889 bits per heavy atom. The van der Waals surface area contributed by atoms with Crippen molar-refractivity contribution < 1.29 is 14.2 Å². The molecule has 0 radical (unpaired) electrons. The summed E-state index contributed by atoms with van der Waals surface area (Å²) in [7, 11) is 4.88. The van der Waals surface area contributed by atoms with Gasteiger partial charge >= 0.3 is 0 Å². The van der Waals surface area contributed by atoms with E-state index in [1.165, 1.54) is 16.1 Å². The van der Waals surface area contributed by atoms with Crippen molar-refractivity contribution in [2.24, 2.45) is 0 Å². The molecular weight excluding hydrogens is 517 g/mol. The number of nitrogens with zero attached hydrogens (tertiary/aromatic N) is 2. The van der Waals surface area contributed by atoms with Crippen LogP contribution in [0.4, 0.5) is 5.69 Å². The van der Waals surface area contributed by atoms with E-state index in [9.17, 15) is 0 Å². The fourth-order valence-electron chi connectivity index (χ4n) is 4.50. The normalized spacial score (nSPS) is 13.2. The van der Waals surface area contributed by atoms with E-state index in [0.29, 0.717) is 23.3 Å². The Hall–Kier alpha value is -2.32. The van der Waals surface area contributed by atoms with Crippen LogP contribution in [0.5, 0.6) is 17.2 Å². The van der Waals surface area contributed by atoms with Gasteiger partial charge in [-0.3, -0.25) is 4.98 Å². The number of pyridine rings is 1. The molecular formula is C27H35Cl2N3O3S. The van der Waals surface area contributed by atoms with E-state index in [-0.39, 0.29) is 24.8 Å². The predicted molar refractivity (Wildman–Crippen MR) is 154 cm³/mol. The number of piperidine rings is 1. The second-order valence-electron chi connectivity index (χ2n) is 8.30. The zero-order valence-electron chi connectivity index (χ0n) is 21.2. The van der Waals surface area contributed by atoms with Crippen molar-refractivity contribution in [2.75, 3.05) is 45.6 Å². The van der Waals surface area contributed by atoms with E-state index in [1.54, 1.807) is 33.1 Å². The van der Waals surface area contributed by atoms with Crippen LogP contribution in [0.1, 0.15) is 18.4 Å². The lowest BCUT2D eigenvalue weighted by molar-refractivity contribution is 0.324. The first kappa shape index (κ1) is 29.9. The molecule has 3 aromatic rings. The van der Waals surface area contributed by atoms with Gasteiger partial charge in [0.05, 0.1) is 21.3 Å². The third-order valence-corrected chi connectivity index (χ3v) is 7.04. The summed E-state index contributed by atoms with van der Waals surface area (Å²) in [5.41, 5.74) is 4.41. The molecule has 1 fully saturated rings. The third-order valence-electron chi connectivity index (χ3n) is 6.30. The average molecular weight is 553 g/mol. The van der Waals surface area contributed by atoms with E-state index in [0.717, 1.165) is 43.6 Å². The lowest BCUT2D eigenvalue weighted by atomic mass is 10.0. The molecule has 1 aromatic heterocycles. The van der Waals surface area contributed by atoms with Crippen LogP contribution in [0.15, 0.2) is 59.8 Å². The first-order chi connectivity index (χ1) is 16.7. The van der Waals surface area contributed by atoms with Gasteiger partial charge in [-0.2, -0.15) is 0 Å². The van der Waals surface area contributed by atoms with Crippen LogP contribution in [0, 0.1) is 0 Å². The van der Waals surface area contributed by atoms with Crippen LogP contribution in [0.3, 0.4) is 0 Å². The molecule has 9 heteroatoms. The molecule has 196 valence electrons. The maximum absolute atomic E-state index is 5.55. The minimum Gasteiger partial charge on any atom is -0.493 e. The van der Waals surface area contributed by atoms with Crippen LogP contribution in [-0.2, 0) is 6.54 Å². The van der Waals surface area contributed by atoms with Gasteiger partial charge in [0.15, 0.2) is 11.5 Å². The van der Waals surface area contributed by atoms with Crippen molar-refractivity contribution >= 4 is 42.3 Å². The molecule has 4 rings (SSSR count). The molecule has 0 saturated carbocycles. The van der Waals surface area contributed by atoms with Crippen LogP contribution in [0.25, 0.3) is 11.1 Å². The van der Waals surface area contributed by atoms with E-state index in [2.05, 4.69) is 51.8 Å². The Labute approximate surface area is 230 Å². The SMILES string of the molecule is COc1cc(-c2cncc(CN(c3ccc(SC)cc3)C3CCNCC3)c2)cc(OC)c1OC.Cl.Cl. The molecule has 1 aliphatic rings. The third kappa shape index (κ3) is 6.91. The number of ether oxygens (including phenoxy) is 3. The molecule has 0 aliphatic carbocycles. The van der Waals surface area contributed by atoms with E-state index in [1.807, 2.05) is 24.5 Å². The molecule has 1 aliphatic heterocycles. The highest BCUT2D eigenvalue weighted by molar-refractivity contribution is 7.98. The minimum absolute atomic E-state index is 0. The highest BCUT2D eigenvalue weighted by Gasteiger charge is 2.22. The van der Waals surface area contributed by atoms with Crippen molar-refractivity contribution in [3.63, 3.8) is 0 Å². The molecule has 1 N–H and O–H groups in total. The summed E-state index contributed by atoms with van der Waals surface area (Å²) in [5.74, 6) is 1.85. The Kier molecular flexibility index (Phi) is 12.0. The zero-order valence-corrected chi connectivity index (χ0v) is 23.6. The lowest BCUT2D eigenvalue weighted by Crippen LogP contribution is -2.43. The summed E-state index contributed by atoms with van der Waals surface area (Å²) < 4.78 is 16.6. The first-order valence-electron chi connectivity index (χ1n) is 11.5. The van der Waals surface area contributed by atoms with E-state index >= 15 is 0 Å². The fraction of sp³-hybridized carbons (Fsp3) is 0.370. The molecule has 0 amide bonds. The molecule has 6 nitrogen and oxygen atoms in total. The number of anilines is 1. The number of nitrogens with one attached hydrogen (secondary N) is 1. The second kappa shape index (κ2) is 14.4. The maximum atomic E-state index is 5.55. The number of thioether (sulfide) groups is 1. The fourth-order valence-corrected chi connectivity index (χ4v) is 4.91. The van der Waals surface area contributed by atoms with Gasteiger partial charge in [0.1, 0.15) is 0 Å². The number of hydrogen-bond donors (Lipinski definition) is 1. The van der Waals surface area contributed by atoms with Crippen LogP contribution < -0.4 is 24.4 Å². The first-order valence-corrected chi connectivity index (χ1v) is 12.7. The van der Waals surface area contributed by atoms with Gasteiger partial charge in [-0.1, -0.05) is 0 Å². The van der Waals surface area contributed by atoms with Gasteiger partial charge in [0.25, 0.3) is 0 Å². The predicted octanol–water partition coefficient (Wildman–Crippen LogP) is 6.10. The van der Waals surface area contributed by atoms with Crippen molar-refractivity contribution in [2.45, 2.75) is 30.3 Å². The summed E-state index contributed by atoms with van der Waals surface area (Å²) in [6.07, 6.45) is 8.21. The Morgan fingerprint density at radius 3 is 2.08 bits per heavy atom. The van der Waals surface area contributed by atoms with Crippen LogP contribution in [0.2, 0.25) is 0 Å². The van der Waals surface area contributed by atoms with Crippen molar-refractivity contribution in [1.82, 2.24) is 10.3 Å². The Morgan fingerprint density at radius 2 is 1.53 bits per heavy atom. The molecule has 0 bridgehead atoms. The number of hydrogen-bond acceptors (Lipinski definition) is 7. The topological polar surface area (TPSA) is 55.9 Å². The molecule has 1 saturated heterocycles. The minimum atomic E-state index is 0. The van der Waals surface area contributed by atoms with Crippen molar-refractivity contribution in [3.8, 4) is 28.4 Å². The second-order valence-corrected chi connectivity index (χ2v) is 9.18. The number of methoxy groups -OCH3 is 3. The standard InChI is InChI=1S/C27H33N3O3S.2ClH/c1-31-25-14-20(15-26(32-2)27(25)33-3)21-13-19(16-29-17-21)18-30(23-9-11-28-12-10-23)22-5-7-24(34-4)8-6-22;;/h5-8,13-17,23,28H,9-12,18H2,1-4H3;2*1H. The monoisotopic (exact) mass is 551 g/mol. The number of aromatic nitrogens is 1. The maximum Gasteiger partial charge on any atom is 0.203 e.